The standard InChI is InChI=1S/C19H25N3O5S.ClH/c1-4-27-16-7-9-17(10-8-16)28(25,26)22(13-15-6-5-11-20-12-15)18(14(2)3)19(23)21-24;/h5-12,14,18,24H,4,13H2,1-3H3,(H,21,23);1H/t18-;/m1./s1. The number of carbonyl (C=O) groups is 1. The summed E-state index contributed by atoms with van der Waals surface area (Å²) >= 11 is 0. The van der Waals surface area contributed by atoms with E-state index < -0.39 is 22.0 Å². The van der Waals surface area contributed by atoms with Gasteiger partial charge in [0.2, 0.25) is 10.0 Å². The van der Waals surface area contributed by atoms with Crippen LogP contribution in [0, 0.1) is 5.92 Å². The number of hydroxylamine groups is 1. The lowest BCUT2D eigenvalue weighted by Crippen LogP contribution is -2.51. The fourth-order valence-corrected chi connectivity index (χ4v) is 4.55. The zero-order valence-corrected chi connectivity index (χ0v) is 18.1. The van der Waals surface area contributed by atoms with E-state index >= 15 is 0 Å². The first kappa shape index (κ1) is 24.8. The number of nitrogens with one attached hydrogen (secondary N) is 1. The van der Waals surface area contributed by atoms with Crippen LogP contribution in [0.3, 0.4) is 0 Å². The van der Waals surface area contributed by atoms with Crippen molar-refractivity contribution >= 4 is 28.3 Å². The second-order valence-corrected chi connectivity index (χ2v) is 8.37. The largest absolute Gasteiger partial charge is 0.494 e. The minimum atomic E-state index is -4.05. The van der Waals surface area contributed by atoms with E-state index in [9.17, 15) is 13.2 Å². The van der Waals surface area contributed by atoms with E-state index in [-0.39, 0.29) is 29.8 Å². The number of ether oxygens (including phenoxy) is 1. The summed E-state index contributed by atoms with van der Waals surface area (Å²) in [6.07, 6.45) is 3.12. The van der Waals surface area contributed by atoms with Crippen molar-refractivity contribution < 1.29 is 23.2 Å². The van der Waals surface area contributed by atoms with Gasteiger partial charge in [-0.05, 0) is 48.7 Å². The molecule has 1 aromatic carbocycles. The number of hydrogen-bond acceptors (Lipinski definition) is 6. The van der Waals surface area contributed by atoms with Crippen LogP contribution in [0.2, 0.25) is 0 Å². The molecule has 1 heterocycles. The Balaban J connectivity index is 0.00000420. The minimum Gasteiger partial charge on any atom is -0.494 e. The van der Waals surface area contributed by atoms with Crippen molar-refractivity contribution in [2.45, 2.75) is 38.3 Å². The average molecular weight is 444 g/mol. The molecule has 2 N–H and O–H groups in total. The molecule has 0 radical (unpaired) electrons. The molecular weight excluding hydrogens is 418 g/mol. The molecule has 2 rings (SSSR count). The number of sulfonamides is 1. The summed E-state index contributed by atoms with van der Waals surface area (Å²) in [6, 6.07) is 8.30. The second kappa shape index (κ2) is 11.1. The topological polar surface area (TPSA) is 109 Å². The Labute approximate surface area is 177 Å². The smallest absolute Gasteiger partial charge is 0.262 e. The molecule has 0 bridgehead atoms. The number of benzene rings is 1. The van der Waals surface area contributed by atoms with Crippen LogP contribution in [0.4, 0.5) is 0 Å². The summed E-state index contributed by atoms with van der Waals surface area (Å²) in [5, 5.41) is 9.15. The molecule has 0 unspecified atom stereocenters. The van der Waals surface area contributed by atoms with Crippen LogP contribution < -0.4 is 10.2 Å². The van der Waals surface area contributed by atoms with Crippen molar-refractivity contribution in [2.75, 3.05) is 6.61 Å². The van der Waals surface area contributed by atoms with Crippen LogP contribution in [0.1, 0.15) is 26.3 Å². The lowest BCUT2D eigenvalue weighted by molar-refractivity contribution is -0.134. The highest BCUT2D eigenvalue weighted by Crippen LogP contribution is 2.26. The molecule has 10 heteroatoms. The van der Waals surface area contributed by atoms with Gasteiger partial charge in [0, 0.05) is 18.9 Å². The molecule has 0 fully saturated rings. The van der Waals surface area contributed by atoms with Crippen LogP contribution in [-0.2, 0) is 21.4 Å². The Morgan fingerprint density at radius 2 is 1.90 bits per heavy atom. The Bertz CT molecular complexity index is 876. The summed E-state index contributed by atoms with van der Waals surface area (Å²) in [4.78, 5) is 16.3. The maximum absolute atomic E-state index is 13.4. The Morgan fingerprint density at radius 1 is 1.24 bits per heavy atom. The molecule has 160 valence electrons. The third kappa shape index (κ3) is 6.14. The summed E-state index contributed by atoms with van der Waals surface area (Å²) in [5.74, 6) is -0.636. The lowest BCUT2D eigenvalue weighted by Gasteiger charge is -2.32. The molecule has 8 nitrogen and oxygen atoms in total. The summed E-state index contributed by atoms with van der Waals surface area (Å²) in [5.41, 5.74) is 2.20. The van der Waals surface area contributed by atoms with E-state index in [0.717, 1.165) is 4.31 Å². The van der Waals surface area contributed by atoms with Gasteiger partial charge in [-0.3, -0.25) is 15.0 Å². The monoisotopic (exact) mass is 443 g/mol. The van der Waals surface area contributed by atoms with Gasteiger partial charge < -0.3 is 4.74 Å². The van der Waals surface area contributed by atoms with E-state index in [2.05, 4.69) is 4.98 Å². The van der Waals surface area contributed by atoms with E-state index in [4.69, 9.17) is 9.94 Å². The molecule has 29 heavy (non-hydrogen) atoms. The molecule has 1 aromatic heterocycles. The van der Waals surface area contributed by atoms with Crippen LogP contribution in [0.15, 0.2) is 53.7 Å². The van der Waals surface area contributed by atoms with Gasteiger partial charge in [-0.15, -0.1) is 12.4 Å². The fourth-order valence-electron chi connectivity index (χ4n) is 2.85. The van der Waals surface area contributed by atoms with Crippen molar-refractivity contribution in [3.63, 3.8) is 0 Å². The summed E-state index contributed by atoms with van der Waals surface area (Å²) < 4.78 is 33.2. The van der Waals surface area contributed by atoms with Gasteiger partial charge in [-0.1, -0.05) is 19.9 Å². The first-order chi connectivity index (χ1) is 13.3. The molecule has 0 aliphatic heterocycles. The number of halogens is 1. The normalized spacial score (nSPS) is 12.3. The van der Waals surface area contributed by atoms with E-state index in [1.165, 1.54) is 18.3 Å². The number of carbonyl (C=O) groups excluding carboxylic acids is 1. The predicted octanol–water partition coefficient (Wildman–Crippen LogP) is 2.62. The molecule has 1 atom stereocenters. The van der Waals surface area contributed by atoms with Crippen LogP contribution in [-0.4, -0.2) is 41.5 Å². The van der Waals surface area contributed by atoms with Gasteiger partial charge >= 0.3 is 0 Å². The maximum atomic E-state index is 13.4. The minimum absolute atomic E-state index is 0. The molecule has 0 spiro atoms. The van der Waals surface area contributed by atoms with Gasteiger partial charge in [0.1, 0.15) is 11.8 Å². The third-order valence-corrected chi connectivity index (χ3v) is 5.96. The molecule has 0 saturated carbocycles. The molecule has 2 aromatic rings. The number of nitrogens with zero attached hydrogens (tertiary/aromatic N) is 2. The zero-order valence-electron chi connectivity index (χ0n) is 16.5. The number of rotatable bonds is 9. The molecule has 0 aliphatic rings. The van der Waals surface area contributed by atoms with Crippen molar-refractivity contribution in [1.82, 2.24) is 14.8 Å². The van der Waals surface area contributed by atoms with Crippen molar-refractivity contribution in [2.24, 2.45) is 5.92 Å². The van der Waals surface area contributed by atoms with Crippen molar-refractivity contribution in [3.8, 4) is 5.75 Å². The molecular formula is C19H26ClN3O5S. The van der Waals surface area contributed by atoms with Crippen LogP contribution in [0.25, 0.3) is 0 Å². The number of pyridine rings is 1. The highest BCUT2D eigenvalue weighted by Gasteiger charge is 2.38. The average Bonchev–Trinajstić information content (AvgIpc) is 2.68. The lowest BCUT2D eigenvalue weighted by atomic mass is 10.0. The van der Waals surface area contributed by atoms with Gasteiger partial charge in [0.05, 0.1) is 11.5 Å². The van der Waals surface area contributed by atoms with Gasteiger partial charge in [0.15, 0.2) is 0 Å². The van der Waals surface area contributed by atoms with Gasteiger partial charge in [-0.25, -0.2) is 13.9 Å². The Kier molecular flexibility index (Phi) is 9.51. The fraction of sp³-hybridized carbons (Fsp3) is 0.368. The predicted molar refractivity (Wildman–Crippen MR) is 110 cm³/mol. The molecule has 0 aliphatic carbocycles. The highest BCUT2D eigenvalue weighted by molar-refractivity contribution is 7.89. The Morgan fingerprint density at radius 3 is 2.38 bits per heavy atom. The SMILES string of the molecule is CCOc1ccc(S(=O)(=O)N(Cc2cccnc2)[C@@H](C(=O)NO)C(C)C)cc1.Cl. The second-order valence-electron chi connectivity index (χ2n) is 6.48. The first-order valence-corrected chi connectivity index (χ1v) is 10.3. The molecule has 0 saturated heterocycles. The number of hydrogen-bond donors (Lipinski definition) is 2. The zero-order chi connectivity index (χ0) is 20.7. The van der Waals surface area contributed by atoms with Gasteiger partial charge in [-0.2, -0.15) is 4.31 Å². The number of amides is 1. The first-order valence-electron chi connectivity index (χ1n) is 8.88. The van der Waals surface area contributed by atoms with E-state index in [0.29, 0.717) is 17.9 Å². The van der Waals surface area contributed by atoms with E-state index in [1.54, 1.807) is 49.8 Å². The van der Waals surface area contributed by atoms with Crippen molar-refractivity contribution in [1.29, 1.82) is 0 Å². The van der Waals surface area contributed by atoms with E-state index in [1.807, 2.05) is 6.92 Å². The highest BCUT2D eigenvalue weighted by atomic mass is 35.5. The molecule has 1 amide bonds. The van der Waals surface area contributed by atoms with Crippen LogP contribution in [0.5, 0.6) is 5.75 Å². The number of aromatic nitrogens is 1. The van der Waals surface area contributed by atoms with Crippen molar-refractivity contribution in [3.05, 3.63) is 54.4 Å². The summed E-state index contributed by atoms with van der Waals surface area (Å²) in [7, 11) is -4.05. The maximum Gasteiger partial charge on any atom is 0.262 e. The quantitative estimate of drug-likeness (QED) is 0.455. The third-order valence-electron chi connectivity index (χ3n) is 4.12. The summed E-state index contributed by atoms with van der Waals surface area (Å²) in [6.45, 7) is 5.65. The van der Waals surface area contributed by atoms with Crippen LogP contribution >= 0.6 is 12.4 Å². The van der Waals surface area contributed by atoms with Gasteiger partial charge in [0.25, 0.3) is 5.91 Å². The Hall–Kier alpha value is -2.20.